The number of hydrogen-bond donors (Lipinski definition) is 1. The largest absolute Gasteiger partial charge is 0.302 e. The van der Waals surface area contributed by atoms with Gasteiger partial charge in [-0.15, -0.1) is 21.5 Å². The highest BCUT2D eigenvalue weighted by Gasteiger charge is 2.15. The van der Waals surface area contributed by atoms with Gasteiger partial charge in [-0.25, -0.2) is 4.98 Å². The monoisotopic (exact) mass is 437 g/mol. The van der Waals surface area contributed by atoms with Crippen molar-refractivity contribution in [2.24, 2.45) is 0 Å². The molecular weight excluding hydrogens is 422 g/mol. The Hall–Kier alpha value is -1.71. The highest BCUT2D eigenvalue weighted by Crippen LogP contribution is 2.25. The van der Waals surface area contributed by atoms with Crippen molar-refractivity contribution in [3.05, 3.63) is 39.8 Å². The van der Waals surface area contributed by atoms with Gasteiger partial charge in [0.15, 0.2) is 16.1 Å². The molecule has 0 spiro atoms. The molecule has 0 saturated carbocycles. The minimum absolute atomic E-state index is 0.102. The first-order valence-corrected chi connectivity index (χ1v) is 10.2. The summed E-state index contributed by atoms with van der Waals surface area (Å²) in [5, 5.41) is 12.7. The van der Waals surface area contributed by atoms with Crippen molar-refractivity contribution >= 4 is 50.1 Å². The normalized spacial score (nSPS) is 10.8. The maximum atomic E-state index is 12.1. The van der Waals surface area contributed by atoms with Crippen LogP contribution in [0.25, 0.3) is 11.4 Å². The van der Waals surface area contributed by atoms with Crippen LogP contribution in [0.3, 0.4) is 0 Å². The molecule has 0 aliphatic carbocycles. The Kier molecular flexibility index (Phi) is 5.87. The average molecular weight is 438 g/mol. The van der Waals surface area contributed by atoms with E-state index in [1.807, 2.05) is 42.7 Å². The van der Waals surface area contributed by atoms with Gasteiger partial charge < -0.3 is 9.88 Å². The minimum Gasteiger partial charge on any atom is -0.302 e. The Morgan fingerprint density at radius 2 is 2.08 bits per heavy atom. The SMILES string of the molecule is CCn1c(SCC(=O)Nc2ncc(C)s2)nnc1-c1ccc(Br)cc1. The Bertz CT molecular complexity index is 875. The van der Waals surface area contributed by atoms with Crippen molar-refractivity contribution in [1.82, 2.24) is 19.7 Å². The fourth-order valence-corrected chi connectivity index (χ4v) is 3.94. The van der Waals surface area contributed by atoms with E-state index in [1.165, 1.54) is 23.1 Å². The average Bonchev–Trinajstić information content (AvgIpc) is 3.19. The molecular formula is C16H16BrN5OS2. The standard InChI is InChI=1S/C16H16BrN5OS2/c1-3-22-14(11-4-6-12(17)7-5-11)20-21-16(22)24-9-13(23)19-15-18-8-10(2)25-15/h4-8H,3,9H2,1-2H3,(H,18,19,23). The summed E-state index contributed by atoms with van der Waals surface area (Å²) in [4.78, 5) is 17.3. The van der Waals surface area contributed by atoms with Gasteiger partial charge in [-0.05, 0) is 26.0 Å². The van der Waals surface area contributed by atoms with E-state index in [9.17, 15) is 4.79 Å². The molecule has 2 heterocycles. The number of carbonyl (C=O) groups is 1. The number of aromatic nitrogens is 4. The van der Waals surface area contributed by atoms with Gasteiger partial charge in [0.2, 0.25) is 5.91 Å². The Balaban J connectivity index is 1.68. The lowest BCUT2D eigenvalue weighted by molar-refractivity contribution is -0.113. The number of hydrogen-bond acceptors (Lipinski definition) is 6. The van der Waals surface area contributed by atoms with Crippen molar-refractivity contribution in [3.63, 3.8) is 0 Å². The highest BCUT2D eigenvalue weighted by atomic mass is 79.9. The lowest BCUT2D eigenvalue weighted by Gasteiger charge is -2.07. The molecule has 0 saturated heterocycles. The number of halogens is 1. The van der Waals surface area contributed by atoms with E-state index in [0.29, 0.717) is 5.13 Å². The van der Waals surface area contributed by atoms with Crippen LogP contribution in [-0.4, -0.2) is 31.4 Å². The van der Waals surface area contributed by atoms with E-state index in [-0.39, 0.29) is 11.7 Å². The second kappa shape index (κ2) is 8.11. The number of carbonyl (C=O) groups excluding carboxylic acids is 1. The first-order valence-electron chi connectivity index (χ1n) is 7.61. The molecule has 0 aliphatic heterocycles. The van der Waals surface area contributed by atoms with Gasteiger partial charge >= 0.3 is 0 Å². The van der Waals surface area contributed by atoms with E-state index in [0.717, 1.165) is 32.4 Å². The van der Waals surface area contributed by atoms with Gasteiger partial charge in [0.05, 0.1) is 5.75 Å². The zero-order valence-electron chi connectivity index (χ0n) is 13.7. The third kappa shape index (κ3) is 4.47. The number of rotatable bonds is 6. The molecule has 2 aromatic heterocycles. The van der Waals surface area contributed by atoms with Crippen molar-refractivity contribution in [3.8, 4) is 11.4 Å². The van der Waals surface area contributed by atoms with Crippen LogP contribution in [0.4, 0.5) is 5.13 Å². The molecule has 3 rings (SSSR count). The number of benzene rings is 1. The van der Waals surface area contributed by atoms with Crippen LogP contribution in [0, 0.1) is 6.92 Å². The summed E-state index contributed by atoms with van der Waals surface area (Å²) in [5.74, 6) is 0.959. The lowest BCUT2D eigenvalue weighted by Crippen LogP contribution is -2.14. The van der Waals surface area contributed by atoms with E-state index in [2.05, 4.69) is 36.4 Å². The van der Waals surface area contributed by atoms with Gasteiger partial charge in [-0.2, -0.15) is 0 Å². The summed E-state index contributed by atoms with van der Waals surface area (Å²) in [7, 11) is 0. The number of nitrogens with one attached hydrogen (secondary N) is 1. The van der Waals surface area contributed by atoms with E-state index in [4.69, 9.17) is 0 Å². The number of nitrogens with zero attached hydrogens (tertiary/aromatic N) is 4. The van der Waals surface area contributed by atoms with Crippen LogP contribution in [0.5, 0.6) is 0 Å². The molecule has 3 aromatic rings. The smallest absolute Gasteiger partial charge is 0.236 e. The molecule has 0 bridgehead atoms. The topological polar surface area (TPSA) is 72.7 Å². The van der Waals surface area contributed by atoms with Crippen LogP contribution in [-0.2, 0) is 11.3 Å². The zero-order valence-corrected chi connectivity index (χ0v) is 16.9. The quantitative estimate of drug-likeness (QED) is 0.584. The lowest BCUT2D eigenvalue weighted by atomic mass is 10.2. The molecule has 0 radical (unpaired) electrons. The number of anilines is 1. The predicted molar refractivity (Wildman–Crippen MR) is 105 cm³/mol. The Labute approximate surface area is 162 Å². The molecule has 0 atom stereocenters. The molecule has 0 aliphatic rings. The second-order valence-electron chi connectivity index (χ2n) is 5.17. The third-order valence-corrected chi connectivity index (χ3v) is 5.66. The fourth-order valence-electron chi connectivity index (χ4n) is 2.19. The number of thioether (sulfide) groups is 1. The maximum Gasteiger partial charge on any atom is 0.236 e. The number of thiazole rings is 1. The Morgan fingerprint density at radius 3 is 2.72 bits per heavy atom. The van der Waals surface area contributed by atoms with E-state index >= 15 is 0 Å². The molecule has 1 aromatic carbocycles. The van der Waals surface area contributed by atoms with Crippen LogP contribution >= 0.6 is 39.0 Å². The summed E-state index contributed by atoms with van der Waals surface area (Å²) in [5.41, 5.74) is 0.993. The van der Waals surface area contributed by atoms with Gasteiger partial charge in [0.25, 0.3) is 0 Å². The number of aryl methyl sites for hydroxylation is 1. The van der Waals surface area contributed by atoms with Crippen LogP contribution in [0.1, 0.15) is 11.8 Å². The summed E-state index contributed by atoms with van der Waals surface area (Å²) >= 11 is 6.26. The zero-order chi connectivity index (χ0) is 17.8. The summed E-state index contributed by atoms with van der Waals surface area (Å²) in [6.45, 7) is 4.72. The summed E-state index contributed by atoms with van der Waals surface area (Å²) < 4.78 is 3.02. The van der Waals surface area contributed by atoms with Crippen molar-refractivity contribution in [2.45, 2.75) is 25.5 Å². The molecule has 0 fully saturated rings. The van der Waals surface area contributed by atoms with E-state index in [1.54, 1.807) is 6.20 Å². The summed E-state index contributed by atoms with van der Waals surface area (Å²) in [6.07, 6.45) is 1.74. The molecule has 1 N–H and O–H groups in total. The van der Waals surface area contributed by atoms with Crippen molar-refractivity contribution in [1.29, 1.82) is 0 Å². The first-order chi connectivity index (χ1) is 12.1. The molecule has 130 valence electrons. The summed E-state index contributed by atoms with van der Waals surface area (Å²) in [6, 6.07) is 7.93. The van der Waals surface area contributed by atoms with Gasteiger partial charge in [0, 0.05) is 27.7 Å². The molecule has 9 heteroatoms. The molecule has 6 nitrogen and oxygen atoms in total. The van der Waals surface area contributed by atoms with Crippen molar-refractivity contribution in [2.75, 3.05) is 11.1 Å². The van der Waals surface area contributed by atoms with Crippen molar-refractivity contribution < 1.29 is 4.79 Å². The maximum absolute atomic E-state index is 12.1. The molecule has 0 unspecified atom stereocenters. The third-order valence-electron chi connectivity index (χ3n) is 3.34. The first kappa shape index (κ1) is 18.1. The van der Waals surface area contributed by atoms with Crippen LogP contribution in [0.2, 0.25) is 0 Å². The van der Waals surface area contributed by atoms with Gasteiger partial charge in [-0.1, -0.05) is 39.8 Å². The molecule has 25 heavy (non-hydrogen) atoms. The van der Waals surface area contributed by atoms with Gasteiger partial charge in [-0.3, -0.25) is 4.79 Å². The van der Waals surface area contributed by atoms with Crippen LogP contribution in [0.15, 0.2) is 40.1 Å². The number of amides is 1. The Morgan fingerprint density at radius 1 is 1.32 bits per heavy atom. The predicted octanol–water partition coefficient (Wildman–Crippen LogP) is 4.22. The van der Waals surface area contributed by atoms with Gasteiger partial charge in [0.1, 0.15) is 0 Å². The fraction of sp³-hybridized carbons (Fsp3) is 0.250. The van der Waals surface area contributed by atoms with Crippen LogP contribution < -0.4 is 5.32 Å². The van der Waals surface area contributed by atoms with E-state index < -0.39 is 0 Å². The minimum atomic E-state index is -0.102. The molecule has 1 amide bonds. The second-order valence-corrected chi connectivity index (χ2v) is 8.26. The highest BCUT2D eigenvalue weighted by molar-refractivity contribution is 9.10.